The van der Waals surface area contributed by atoms with Gasteiger partial charge in [0, 0.05) is 17.1 Å². The van der Waals surface area contributed by atoms with Crippen LogP contribution in [0.25, 0.3) is 22.9 Å². The summed E-state index contributed by atoms with van der Waals surface area (Å²) in [6.07, 6.45) is 1.77. The second-order valence-electron chi connectivity index (χ2n) is 8.94. The summed E-state index contributed by atoms with van der Waals surface area (Å²) in [6.45, 7) is 6.32. The first-order chi connectivity index (χ1) is 16.9. The number of carbonyl (C=O) groups excluding carboxylic acids is 2. The Bertz CT molecular complexity index is 1430. The Morgan fingerprint density at radius 3 is 2.14 bits per heavy atom. The van der Waals surface area contributed by atoms with E-state index < -0.39 is 6.03 Å². The number of imide groups is 1. The fourth-order valence-electron chi connectivity index (χ4n) is 4.51. The Morgan fingerprint density at radius 1 is 0.800 bits per heavy atom. The average molecular weight is 462 g/mol. The third-order valence-corrected chi connectivity index (χ3v) is 6.43. The van der Waals surface area contributed by atoms with Crippen LogP contribution in [0.4, 0.5) is 4.79 Å². The molecule has 0 radical (unpaired) electrons. The van der Waals surface area contributed by atoms with E-state index in [2.05, 4.69) is 46.3 Å². The van der Waals surface area contributed by atoms with Crippen molar-refractivity contribution in [1.82, 2.24) is 14.8 Å². The van der Waals surface area contributed by atoms with Gasteiger partial charge in [-0.25, -0.2) is 4.79 Å². The lowest BCUT2D eigenvalue weighted by Crippen LogP contribution is -2.30. The van der Waals surface area contributed by atoms with Gasteiger partial charge in [0.25, 0.3) is 5.91 Å². The van der Waals surface area contributed by atoms with Gasteiger partial charge in [-0.15, -0.1) is 0 Å². The number of carbonyl (C=O) groups is 2. The third kappa shape index (κ3) is 4.41. The second-order valence-corrected chi connectivity index (χ2v) is 8.94. The van der Waals surface area contributed by atoms with Crippen molar-refractivity contribution in [2.45, 2.75) is 27.3 Å². The zero-order valence-corrected chi connectivity index (χ0v) is 20.1. The number of nitrogens with one attached hydrogen (secondary N) is 1. The fraction of sp³-hybridized carbons (Fsp3) is 0.133. The van der Waals surface area contributed by atoms with Crippen molar-refractivity contribution < 1.29 is 9.59 Å². The molecule has 3 amide bonds. The van der Waals surface area contributed by atoms with E-state index in [1.54, 1.807) is 6.08 Å². The van der Waals surface area contributed by atoms with Gasteiger partial charge in [-0.05, 0) is 67.3 Å². The molecule has 0 aliphatic carbocycles. The molecule has 1 N–H and O–H groups in total. The highest BCUT2D eigenvalue weighted by Crippen LogP contribution is 2.26. The molecule has 174 valence electrons. The monoisotopic (exact) mass is 461 g/mol. The van der Waals surface area contributed by atoms with Crippen LogP contribution in [0.3, 0.4) is 0 Å². The van der Waals surface area contributed by atoms with E-state index in [1.807, 2.05) is 69.3 Å². The van der Waals surface area contributed by atoms with Crippen LogP contribution in [0.5, 0.6) is 0 Å². The van der Waals surface area contributed by atoms with Crippen LogP contribution < -0.4 is 5.32 Å². The predicted molar refractivity (Wildman–Crippen MR) is 139 cm³/mol. The topological polar surface area (TPSA) is 54.3 Å². The van der Waals surface area contributed by atoms with Crippen molar-refractivity contribution in [3.8, 4) is 16.8 Å². The number of aryl methyl sites for hydroxylation is 2. The van der Waals surface area contributed by atoms with Gasteiger partial charge in [0.1, 0.15) is 5.70 Å². The van der Waals surface area contributed by atoms with Crippen molar-refractivity contribution in [2.75, 3.05) is 0 Å². The largest absolute Gasteiger partial charge is 0.329 e. The lowest BCUT2D eigenvalue weighted by atomic mass is 10.1. The summed E-state index contributed by atoms with van der Waals surface area (Å²) in [5, 5.41) is 2.74. The van der Waals surface area contributed by atoms with Crippen molar-refractivity contribution >= 4 is 18.0 Å². The van der Waals surface area contributed by atoms with Crippen LogP contribution in [-0.4, -0.2) is 21.4 Å². The summed E-state index contributed by atoms with van der Waals surface area (Å²) < 4.78 is 2.16. The zero-order valence-electron chi connectivity index (χ0n) is 20.1. The Kier molecular flexibility index (Phi) is 5.83. The van der Waals surface area contributed by atoms with Gasteiger partial charge in [0.15, 0.2) is 0 Å². The lowest BCUT2D eigenvalue weighted by Gasteiger charge is -2.12. The molecule has 5 rings (SSSR count). The highest BCUT2D eigenvalue weighted by Gasteiger charge is 2.33. The summed E-state index contributed by atoms with van der Waals surface area (Å²) in [5.74, 6) is -0.312. The minimum absolute atomic E-state index is 0.245. The maximum Gasteiger partial charge on any atom is 0.329 e. The van der Waals surface area contributed by atoms with Crippen molar-refractivity contribution in [3.63, 3.8) is 0 Å². The van der Waals surface area contributed by atoms with E-state index in [9.17, 15) is 9.59 Å². The first-order valence-corrected chi connectivity index (χ1v) is 11.7. The van der Waals surface area contributed by atoms with Gasteiger partial charge in [-0.2, -0.15) is 0 Å². The normalized spacial score (nSPS) is 14.6. The van der Waals surface area contributed by atoms with E-state index >= 15 is 0 Å². The van der Waals surface area contributed by atoms with Crippen LogP contribution >= 0.6 is 0 Å². The van der Waals surface area contributed by atoms with E-state index in [0.29, 0.717) is 5.70 Å². The predicted octanol–water partition coefficient (Wildman–Crippen LogP) is 6.16. The maximum atomic E-state index is 13.0. The van der Waals surface area contributed by atoms with Crippen molar-refractivity contribution in [2.24, 2.45) is 0 Å². The second kappa shape index (κ2) is 9.11. The number of nitrogens with zero attached hydrogens (tertiary/aromatic N) is 2. The number of hydrogen-bond acceptors (Lipinski definition) is 2. The number of hydrogen-bond donors (Lipinski definition) is 1. The molecule has 35 heavy (non-hydrogen) atoms. The van der Waals surface area contributed by atoms with Gasteiger partial charge in [0.05, 0.1) is 6.54 Å². The minimum Gasteiger partial charge on any atom is -0.318 e. The molecular formula is C30H27N3O2. The van der Waals surface area contributed by atoms with Crippen LogP contribution in [-0.2, 0) is 11.3 Å². The van der Waals surface area contributed by atoms with Gasteiger partial charge in [-0.3, -0.25) is 9.69 Å². The summed E-state index contributed by atoms with van der Waals surface area (Å²) in [4.78, 5) is 26.8. The van der Waals surface area contributed by atoms with Crippen molar-refractivity contribution in [3.05, 3.63) is 119 Å². The number of aromatic nitrogens is 1. The van der Waals surface area contributed by atoms with Gasteiger partial charge < -0.3 is 9.88 Å². The highest BCUT2D eigenvalue weighted by atomic mass is 16.2. The number of amides is 3. The summed E-state index contributed by atoms with van der Waals surface area (Å²) in [5.41, 5.74) is 8.68. The number of rotatable bonds is 5. The first kappa shape index (κ1) is 22.4. The Balaban J connectivity index is 1.40. The molecule has 4 aromatic rings. The third-order valence-electron chi connectivity index (χ3n) is 6.43. The van der Waals surface area contributed by atoms with Gasteiger partial charge >= 0.3 is 6.03 Å². The molecule has 0 bridgehead atoms. The summed E-state index contributed by atoms with van der Waals surface area (Å²) in [6, 6.07) is 28.2. The van der Waals surface area contributed by atoms with Crippen LogP contribution in [0.15, 0.2) is 90.6 Å². The molecule has 3 aromatic carbocycles. The Morgan fingerprint density at radius 2 is 1.46 bits per heavy atom. The molecule has 1 aromatic heterocycles. The molecule has 5 nitrogen and oxygen atoms in total. The molecule has 1 aliphatic heterocycles. The molecule has 1 saturated heterocycles. The lowest BCUT2D eigenvalue weighted by molar-refractivity contribution is -0.123. The van der Waals surface area contributed by atoms with Crippen LogP contribution in [0.2, 0.25) is 0 Å². The summed E-state index contributed by atoms with van der Waals surface area (Å²) >= 11 is 0. The molecule has 0 spiro atoms. The molecule has 0 atom stereocenters. The SMILES string of the molecule is Cc1ccc(CN2C(=O)N/C(=C\c3cc(C)n(-c4ccc(-c5ccccc5)cc4)c3C)C2=O)cc1. The minimum atomic E-state index is -0.396. The highest BCUT2D eigenvalue weighted by molar-refractivity contribution is 6.14. The summed E-state index contributed by atoms with van der Waals surface area (Å²) in [7, 11) is 0. The number of urea groups is 1. The Labute approximate surface area is 205 Å². The molecule has 1 aliphatic rings. The maximum absolute atomic E-state index is 13.0. The van der Waals surface area contributed by atoms with Crippen LogP contribution in [0, 0.1) is 20.8 Å². The standard InChI is InChI=1S/C30H27N3O2/c1-20-9-11-23(12-10-20)19-32-29(34)28(31-30(32)35)18-26-17-21(2)33(22(26)3)27-15-13-25(14-16-27)24-7-5-4-6-8-24/h4-18H,19H2,1-3H3,(H,31,35)/b28-18-. The van der Waals surface area contributed by atoms with E-state index in [1.165, 1.54) is 10.5 Å². The molecule has 2 heterocycles. The quantitative estimate of drug-likeness (QED) is 0.286. The zero-order chi connectivity index (χ0) is 24.5. The smallest absolute Gasteiger partial charge is 0.318 e. The van der Waals surface area contributed by atoms with Gasteiger partial charge in [0.2, 0.25) is 0 Å². The van der Waals surface area contributed by atoms with Crippen molar-refractivity contribution in [1.29, 1.82) is 0 Å². The van der Waals surface area contributed by atoms with Gasteiger partial charge in [-0.1, -0.05) is 72.3 Å². The van der Waals surface area contributed by atoms with Crippen LogP contribution in [0.1, 0.15) is 28.1 Å². The fourth-order valence-corrected chi connectivity index (χ4v) is 4.51. The molecular weight excluding hydrogens is 434 g/mol. The molecule has 0 unspecified atom stereocenters. The Hall–Kier alpha value is -4.38. The number of benzene rings is 3. The molecule has 5 heteroatoms. The van der Waals surface area contributed by atoms with E-state index in [0.717, 1.165) is 39.3 Å². The van der Waals surface area contributed by atoms with E-state index in [-0.39, 0.29) is 12.5 Å². The molecule has 0 saturated carbocycles. The molecule has 1 fully saturated rings. The van der Waals surface area contributed by atoms with E-state index in [4.69, 9.17) is 0 Å². The average Bonchev–Trinajstić information content (AvgIpc) is 3.30. The first-order valence-electron chi connectivity index (χ1n) is 11.7.